The molecule has 2 aromatic carbocycles. The molecule has 0 aliphatic heterocycles. The summed E-state index contributed by atoms with van der Waals surface area (Å²) in [6.45, 7) is 1.72. The van der Waals surface area contributed by atoms with Crippen molar-refractivity contribution >= 4 is 32.7 Å². The van der Waals surface area contributed by atoms with Gasteiger partial charge in [-0.2, -0.15) is 21.6 Å². The molecule has 2 rings (SSSR count). The van der Waals surface area contributed by atoms with Crippen LogP contribution in [0.3, 0.4) is 0 Å². The number of rotatable bonds is 4. The van der Waals surface area contributed by atoms with E-state index in [1.807, 2.05) is 22.6 Å². The van der Waals surface area contributed by atoms with Gasteiger partial charge in [0.25, 0.3) is 10.1 Å². The molecule has 1 atom stereocenters. The Bertz CT molecular complexity index is 769. The maximum atomic E-state index is 13.2. The van der Waals surface area contributed by atoms with Gasteiger partial charge in [0.2, 0.25) is 0 Å². The van der Waals surface area contributed by atoms with Crippen molar-refractivity contribution in [2.45, 2.75) is 24.1 Å². The van der Waals surface area contributed by atoms with E-state index in [0.29, 0.717) is 0 Å². The Morgan fingerprint density at radius 2 is 1.52 bits per heavy atom. The number of benzene rings is 2. The number of aryl methyl sites for hydroxylation is 1. The second-order valence-corrected chi connectivity index (χ2v) is 7.65. The van der Waals surface area contributed by atoms with Gasteiger partial charge in [0.1, 0.15) is 0 Å². The lowest BCUT2D eigenvalue weighted by molar-refractivity contribution is -0.196. The molecule has 0 aliphatic rings. The molecule has 0 saturated heterocycles. The average Bonchev–Trinajstić information content (AvgIpc) is 2.45. The Balaban J connectivity index is 2.38. The van der Waals surface area contributed by atoms with Gasteiger partial charge in [0.15, 0.2) is 6.10 Å². The highest BCUT2D eigenvalue weighted by Crippen LogP contribution is 2.38. The summed E-state index contributed by atoms with van der Waals surface area (Å²) >= 11 is 1.96. The van der Waals surface area contributed by atoms with Crippen LogP contribution in [0.5, 0.6) is 0 Å². The van der Waals surface area contributed by atoms with E-state index in [1.54, 1.807) is 6.92 Å². The average molecular weight is 456 g/mol. The van der Waals surface area contributed by atoms with Gasteiger partial charge in [-0.15, -0.1) is 0 Å². The fraction of sp³-hybridized carbons (Fsp3) is 0.200. The quantitative estimate of drug-likeness (QED) is 0.499. The summed E-state index contributed by atoms with van der Waals surface area (Å²) in [4.78, 5) is -0.320. The number of alkyl halides is 3. The Hall–Kier alpha value is -1.13. The van der Waals surface area contributed by atoms with E-state index in [4.69, 9.17) is 0 Å². The third kappa shape index (κ3) is 4.67. The van der Waals surface area contributed by atoms with E-state index in [0.717, 1.165) is 9.13 Å². The molecule has 8 heteroatoms. The summed E-state index contributed by atoms with van der Waals surface area (Å²) in [6.07, 6.45) is -7.40. The minimum atomic E-state index is -4.86. The first-order valence-electron chi connectivity index (χ1n) is 6.42. The monoisotopic (exact) mass is 456 g/mol. The lowest BCUT2D eigenvalue weighted by Gasteiger charge is -2.21. The molecule has 0 saturated carbocycles. The molecule has 0 heterocycles. The predicted octanol–water partition coefficient (Wildman–Crippen LogP) is 4.61. The fourth-order valence-corrected chi connectivity index (χ4v) is 3.24. The second-order valence-electron chi connectivity index (χ2n) is 4.84. The topological polar surface area (TPSA) is 43.4 Å². The van der Waals surface area contributed by atoms with Crippen LogP contribution in [-0.4, -0.2) is 14.6 Å². The molecule has 0 aliphatic carbocycles. The smallest absolute Gasteiger partial charge is 0.248 e. The number of halogens is 4. The Morgan fingerprint density at radius 1 is 1.00 bits per heavy atom. The van der Waals surface area contributed by atoms with Crippen LogP contribution in [-0.2, 0) is 14.3 Å². The SMILES string of the molecule is Cc1ccc(C(OS(=O)(=O)c2ccc(I)cc2)C(F)(F)F)cc1. The van der Waals surface area contributed by atoms with Crippen molar-refractivity contribution in [1.29, 1.82) is 0 Å². The molecule has 0 aromatic heterocycles. The van der Waals surface area contributed by atoms with Crippen molar-refractivity contribution in [3.63, 3.8) is 0 Å². The summed E-state index contributed by atoms with van der Waals surface area (Å²) in [5.41, 5.74) is 0.493. The first kappa shape index (κ1) is 18.2. The van der Waals surface area contributed by atoms with Crippen LogP contribution >= 0.6 is 22.6 Å². The summed E-state index contributed by atoms with van der Waals surface area (Å²) < 4.78 is 69.2. The zero-order valence-electron chi connectivity index (χ0n) is 11.8. The molecule has 2 aromatic rings. The normalized spacial score (nSPS) is 13.8. The largest absolute Gasteiger partial charge is 0.420 e. The lowest BCUT2D eigenvalue weighted by atomic mass is 10.1. The zero-order chi connectivity index (χ0) is 17.3. The highest BCUT2D eigenvalue weighted by Gasteiger charge is 2.45. The van der Waals surface area contributed by atoms with Gasteiger partial charge < -0.3 is 0 Å². The molecular weight excluding hydrogens is 444 g/mol. The number of hydrogen-bond acceptors (Lipinski definition) is 3. The molecule has 0 amide bonds. The highest BCUT2D eigenvalue weighted by atomic mass is 127. The van der Waals surface area contributed by atoms with Crippen molar-refractivity contribution < 1.29 is 25.8 Å². The maximum absolute atomic E-state index is 13.2. The molecule has 0 radical (unpaired) electrons. The highest BCUT2D eigenvalue weighted by molar-refractivity contribution is 14.1. The summed E-state index contributed by atoms with van der Waals surface area (Å²) in [5, 5.41) is 0. The van der Waals surface area contributed by atoms with E-state index in [-0.39, 0.29) is 10.5 Å². The van der Waals surface area contributed by atoms with Crippen molar-refractivity contribution in [2.75, 3.05) is 0 Å². The van der Waals surface area contributed by atoms with Crippen LogP contribution in [0.15, 0.2) is 53.4 Å². The van der Waals surface area contributed by atoms with Gasteiger partial charge in [0.05, 0.1) is 4.90 Å². The van der Waals surface area contributed by atoms with E-state index in [9.17, 15) is 21.6 Å². The van der Waals surface area contributed by atoms with Gasteiger partial charge in [-0.05, 0) is 59.3 Å². The first-order chi connectivity index (χ1) is 10.6. The van der Waals surface area contributed by atoms with Gasteiger partial charge >= 0.3 is 6.18 Å². The van der Waals surface area contributed by atoms with Gasteiger partial charge in [-0.3, -0.25) is 0 Å². The van der Waals surface area contributed by atoms with Crippen LogP contribution in [0.2, 0.25) is 0 Å². The van der Waals surface area contributed by atoms with E-state index < -0.39 is 22.4 Å². The Kier molecular flexibility index (Phi) is 5.37. The van der Waals surface area contributed by atoms with Gasteiger partial charge in [-0.1, -0.05) is 29.8 Å². The van der Waals surface area contributed by atoms with Crippen LogP contribution < -0.4 is 0 Å². The first-order valence-corrected chi connectivity index (χ1v) is 8.90. The van der Waals surface area contributed by atoms with Crippen molar-refractivity contribution in [3.8, 4) is 0 Å². The van der Waals surface area contributed by atoms with Crippen LogP contribution in [0, 0.1) is 10.5 Å². The standard InChI is InChI=1S/C15H12F3IO3S/c1-10-2-4-11(5-3-10)14(15(16,17)18)22-23(20,21)13-8-6-12(19)7-9-13/h2-9,14H,1H3. The van der Waals surface area contributed by atoms with E-state index in [2.05, 4.69) is 4.18 Å². The minimum Gasteiger partial charge on any atom is -0.248 e. The maximum Gasteiger partial charge on any atom is 0.420 e. The molecule has 0 bridgehead atoms. The van der Waals surface area contributed by atoms with Crippen LogP contribution in [0.4, 0.5) is 13.2 Å². The summed E-state index contributed by atoms with van der Waals surface area (Å²) in [5.74, 6) is 0. The van der Waals surface area contributed by atoms with Gasteiger partial charge in [0, 0.05) is 3.57 Å². The summed E-state index contributed by atoms with van der Waals surface area (Å²) in [7, 11) is -4.54. The molecule has 1 unspecified atom stereocenters. The molecule has 0 N–H and O–H groups in total. The molecule has 3 nitrogen and oxygen atoms in total. The van der Waals surface area contributed by atoms with Crippen molar-refractivity contribution in [1.82, 2.24) is 0 Å². The predicted molar refractivity (Wildman–Crippen MR) is 87.4 cm³/mol. The molecular formula is C15H12F3IO3S. The minimum absolute atomic E-state index is 0.266. The number of hydrogen-bond donors (Lipinski definition) is 0. The Labute approximate surface area is 145 Å². The zero-order valence-corrected chi connectivity index (χ0v) is 14.8. The fourth-order valence-electron chi connectivity index (χ4n) is 1.82. The second kappa shape index (κ2) is 6.78. The Morgan fingerprint density at radius 3 is 2.00 bits per heavy atom. The van der Waals surface area contributed by atoms with E-state index in [1.165, 1.54) is 48.5 Å². The molecule has 0 spiro atoms. The lowest BCUT2D eigenvalue weighted by Crippen LogP contribution is -2.26. The third-order valence-corrected chi connectivity index (χ3v) is 5.02. The van der Waals surface area contributed by atoms with Crippen LogP contribution in [0.1, 0.15) is 17.2 Å². The molecule has 124 valence electrons. The molecule has 0 fully saturated rings. The van der Waals surface area contributed by atoms with Crippen molar-refractivity contribution in [2.24, 2.45) is 0 Å². The third-order valence-electron chi connectivity index (χ3n) is 3.00. The van der Waals surface area contributed by atoms with Crippen LogP contribution in [0.25, 0.3) is 0 Å². The summed E-state index contributed by atoms with van der Waals surface area (Å²) in [6, 6.07) is 10.7. The van der Waals surface area contributed by atoms with Crippen molar-refractivity contribution in [3.05, 3.63) is 63.2 Å². The molecule has 23 heavy (non-hydrogen) atoms. The van der Waals surface area contributed by atoms with Gasteiger partial charge in [-0.25, -0.2) is 4.18 Å². The van der Waals surface area contributed by atoms with E-state index >= 15 is 0 Å².